The van der Waals surface area contributed by atoms with E-state index in [4.69, 9.17) is 4.18 Å². The predicted octanol–water partition coefficient (Wildman–Crippen LogP) is 7.72. The van der Waals surface area contributed by atoms with E-state index in [1.165, 1.54) is 70.6 Å². The first-order chi connectivity index (χ1) is 12.3. The van der Waals surface area contributed by atoms with Crippen LogP contribution < -0.4 is 4.18 Å². The molecule has 1 rings (SSSR count). The molecule has 2 nitrogen and oxygen atoms in total. The highest BCUT2D eigenvalue weighted by Crippen LogP contribution is 2.18. The fraction of sp³-hybridized carbons (Fsp3) is 0.682. The molecule has 1 aromatic carbocycles. The van der Waals surface area contributed by atoms with Crippen molar-refractivity contribution in [1.29, 1.82) is 0 Å². The number of hydrogen-bond acceptors (Lipinski definition) is 3. The van der Waals surface area contributed by atoms with Crippen molar-refractivity contribution in [2.24, 2.45) is 0 Å². The van der Waals surface area contributed by atoms with Crippen LogP contribution in [0.2, 0.25) is 0 Å². The largest absolute Gasteiger partial charge is 0.418 e. The first kappa shape index (κ1) is 22.1. The van der Waals surface area contributed by atoms with Crippen LogP contribution in [-0.2, 0) is 4.79 Å². The van der Waals surface area contributed by atoms with Gasteiger partial charge in [-0.3, -0.25) is 4.79 Å². The molecule has 0 fully saturated rings. The predicted molar refractivity (Wildman–Crippen MR) is 110 cm³/mol. The lowest BCUT2D eigenvalue weighted by molar-refractivity contribution is -0.111. The molecule has 0 aromatic heterocycles. The van der Waals surface area contributed by atoms with Crippen LogP contribution in [0.5, 0.6) is 5.75 Å². The van der Waals surface area contributed by atoms with Gasteiger partial charge in [0, 0.05) is 6.42 Å². The number of benzene rings is 1. The molecule has 25 heavy (non-hydrogen) atoms. The molecule has 142 valence electrons. The highest BCUT2D eigenvalue weighted by molar-refractivity contribution is 8.09. The summed E-state index contributed by atoms with van der Waals surface area (Å²) in [7, 11) is 0. The molecule has 0 atom stereocenters. The van der Waals surface area contributed by atoms with E-state index in [1.807, 2.05) is 30.3 Å². The van der Waals surface area contributed by atoms with Gasteiger partial charge in [-0.25, -0.2) is 0 Å². The van der Waals surface area contributed by atoms with Gasteiger partial charge in [0.2, 0.25) is 5.12 Å². The Morgan fingerprint density at radius 2 is 1.24 bits per heavy atom. The zero-order chi connectivity index (χ0) is 18.0. The third kappa shape index (κ3) is 13.9. The zero-order valence-corrected chi connectivity index (χ0v) is 16.8. The Labute approximate surface area is 159 Å². The van der Waals surface area contributed by atoms with E-state index >= 15 is 0 Å². The normalized spacial score (nSPS) is 10.8. The molecule has 0 saturated carbocycles. The second kappa shape index (κ2) is 16.5. The molecule has 0 spiro atoms. The van der Waals surface area contributed by atoms with Gasteiger partial charge in [0.1, 0.15) is 17.8 Å². The average Bonchev–Trinajstić information content (AvgIpc) is 2.64. The third-order valence-electron chi connectivity index (χ3n) is 4.46. The van der Waals surface area contributed by atoms with Gasteiger partial charge in [0.05, 0.1) is 0 Å². The highest BCUT2D eigenvalue weighted by atomic mass is 32.2. The topological polar surface area (TPSA) is 26.3 Å². The maximum absolute atomic E-state index is 11.8. The van der Waals surface area contributed by atoms with E-state index in [0.717, 1.165) is 30.6 Å². The van der Waals surface area contributed by atoms with Crippen molar-refractivity contribution in [3.8, 4) is 5.75 Å². The fourth-order valence-electron chi connectivity index (χ4n) is 2.90. The van der Waals surface area contributed by atoms with E-state index in [1.54, 1.807) is 0 Å². The summed E-state index contributed by atoms with van der Waals surface area (Å²) in [5.74, 6) is 0.742. The monoisotopic (exact) mass is 364 g/mol. The fourth-order valence-corrected chi connectivity index (χ4v) is 3.43. The van der Waals surface area contributed by atoms with Gasteiger partial charge in [0.25, 0.3) is 0 Å². The van der Waals surface area contributed by atoms with Gasteiger partial charge < -0.3 is 4.18 Å². The Morgan fingerprint density at radius 3 is 1.76 bits per heavy atom. The smallest absolute Gasteiger partial charge is 0.227 e. The van der Waals surface area contributed by atoms with Gasteiger partial charge in [0.15, 0.2) is 0 Å². The molecule has 0 heterocycles. The lowest BCUT2D eigenvalue weighted by atomic mass is 10.0. The Morgan fingerprint density at radius 1 is 0.760 bits per heavy atom. The van der Waals surface area contributed by atoms with Gasteiger partial charge in [-0.2, -0.15) is 0 Å². The van der Waals surface area contributed by atoms with Crippen LogP contribution in [0.15, 0.2) is 30.3 Å². The van der Waals surface area contributed by atoms with Gasteiger partial charge in [-0.05, 0) is 18.6 Å². The Kier molecular flexibility index (Phi) is 14.6. The number of unbranched alkanes of at least 4 members (excludes halogenated alkanes) is 12. The lowest BCUT2D eigenvalue weighted by Gasteiger charge is -2.04. The average molecular weight is 365 g/mol. The van der Waals surface area contributed by atoms with E-state index in [-0.39, 0.29) is 5.12 Å². The third-order valence-corrected chi connectivity index (χ3v) is 5.12. The summed E-state index contributed by atoms with van der Waals surface area (Å²) in [5, 5.41) is 0.131. The first-order valence-electron chi connectivity index (χ1n) is 10.3. The molecule has 0 unspecified atom stereocenters. The van der Waals surface area contributed by atoms with Crippen molar-refractivity contribution in [1.82, 2.24) is 0 Å². The second-order valence-electron chi connectivity index (χ2n) is 6.84. The van der Waals surface area contributed by atoms with Crippen molar-refractivity contribution in [3.05, 3.63) is 30.3 Å². The van der Waals surface area contributed by atoms with E-state index < -0.39 is 0 Å². The van der Waals surface area contributed by atoms with Crippen LogP contribution in [0.4, 0.5) is 0 Å². The van der Waals surface area contributed by atoms with Gasteiger partial charge >= 0.3 is 0 Å². The Balaban J connectivity index is 1.80. The van der Waals surface area contributed by atoms with Crippen LogP contribution in [0.25, 0.3) is 0 Å². The molecule has 0 aliphatic heterocycles. The molecule has 0 aliphatic carbocycles. The first-order valence-corrected chi connectivity index (χ1v) is 11.0. The van der Waals surface area contributed by atoms with Crippen LogP contribution in [0.3, 0.4) is 0 Å². The minimum absolute atomic E-state index is 0.131. The molecule has 1 aromatic rings. The maximum atomic E-state index is 11.8. The molecule has 0 amide bonds. The van der Waals surface area contributed by atoms with Crippen LogP contribution >= 0.6 is 12.0 Å². The lowest BCUT2D eigenvalue weighted by Crippen LogP contribution is -1.95. The summed E-state index contributed by atoms with van der Waals surface area (Å²) < 4.78 is 5.40. The summed E-state index contributed by atoms with van der Waals surface area (Å²) in [6.45, 7) is 2.27. The van der Waals surface area contributed by atoms with Crippen LogP contribution in [-0.4, -0.2) is 5.12 Å². The zero-order valence-electron chi connectivity index (χ0n) is 16.0. The molecule has 0 N–H and O–H groups in total. The molecule has 0 bridgehead atoms. The number of rotatable bonds is 16. The summed E-state index contributed by atoms with van der Waals surface area (Å²) in [4.78, 5) is 11.8. The number of hydrogen-bond donors (Lipinski definition) is 0. The number of carbonyl (C=O) groups excluding carboxylic acids is 1. The van der Waals surface area contributed by atoms with E-state index in [0.29, 0.717) is 6.42 Å². The Hall–Kier alpha value is -0.960. The standard InChI is InChI=1S/C22H36O2S/c1-2-3-4-5-6-7-8-9-10-11-12-13-17-20-22(23)25-24-21-18-15-14-16-19-21/h14-16,18-19H,2-13,17,20H2,1H3. The maximum Gasteiger partial charge on any atom is 0.227 e. The number of carbonyl (C=O) groups is 1. The Bertz CT molecular complexity index is 419. The molecular formula is C22H36O2S. The van der Waals surface area contributed by atoms with E-state index in [9.17, 15) is 4.79 Å². The second-order valence-corrected chi connectivity index (χ2v) is 7.63. The summed E-state index contributed by atoms with van der Waals surface area (Å²) in [5.41, 5.74) is 0. The molecule has 0 radical (unpaired) electrons. The summed E-state index contributed by atoms with van der Waals surface area (Å²) >= 11 is 0.975. The quantitative estimate of drug-likeness (QED) is 0.222. The van der Waals surface area contributed by atoms with E-state index in [2.05, 4.69) is 6.92 Å². The highest BCUT2D eigenvalue weighted by Gasteiger charge is 2.05. The van der Waals surface area contributed by atoms with Crippen LogP contribution in [0, 0.1) is 0 Å². The van der Waals surface area contributed by atoms with Crippen molar-refractivity contribution in [2.45, 2.75) is 96.8 Å². The molecular weight excluding hydrogens is 328 g/mol. The molecule has 3 heteroatoms. The van der Waals surface area contributed by atoms with Crippen molar-refractivity contribution >= 4 is 17.2 Å². The number of para-hydroxylation sites is 1. The van der Waals surface area contributed by atoms with Gasteiger partial charge in [-0.15, -0.1) is 0 Å². The van der Waals surface area contributed by atoms with Crippen LogP contribution in [0.1, 0.15) is 96.8 Å². The summed E-state index contributed by atoms with van der Waals surface area (Å²) in [6.07, 6.45) is 17.9. The SMILES string of the molecule is CCCCCCCCCCCCCCCC(=O)SOc1ccccc1. The summed E-state index contributed by atoms with van der Waals surface area (Å²) in [6, 6.07) is 9.49. The molecule has 0 saturated heterocycles. The van der Waals surface area contributed by atoms with Crippen molar-refractivity contribution < 1.29 is 8.98 Å². The van der Waals surface area contributed by atoms with Crippen molar-refractivity contribution in [3.63, 3.8) is 0 Å². The minimum Gasteiger partial charge on any atom is -0.418 e. The minimum atomic E-state index is 0.131. The molecule has 0 aliphatic rings. The van der Waals surface area contributed by atoms with Gasteiger partial charge in [-0.1, -0.05) is 102 Å². The van der Waals surface area contributed by atoms with Crippen molar-refractivity contribution in [2.75, 3.05) is 0 Å².